The number of anilines is 1. The Balaban J connectivity index is 1.96. The summed E-state index contributed by atoms with van der Waals surface area (Å²) in [6.07, 6.45) is 3.41. The Bertz CT molecular complexity index is 1060. The summed E-state index contributed by atoms with van der Waals surface area (Å²) in [5, 5.41) is 0.835. The van der Waals surface area contributed by atoms with E-state index in [0.717, 1.165) is 5.56 Å². The van der Waals surface area contributed by atoms with E-state index in [0.29, 0.717) is 54.1 Å². The van der Waals surface area contributed by atoms with E-state index in [1.807, 2.05) is 19.1 Å². The van der Waals surface area contributed by atoms with E-state index in [4.69, 9.17) is 44.9 Å². The minimum Gasteiger partial charge on any atom is -0.490 e. The molecule has 2 aromatic carbocycles. The van der Waals surface area contributed by atoms with Crippen molar-refractivity contribution in [3.8, 4) is 11.5 Å². The SMILES string of the molecule is C=CCOc1c(Br)cc(/C=C2\SC(=S)N(c3ccc(Cl)cc3Cl)C2=O)cc1OCC. The zero-order chi connectivity index (χ0) is 21.8. The van der Waals surface area contributed by atoms with E-state index in [2.05, 4.69) is 22.5 Å². The molecule has 1 fully saturated rings. The number of hydrogen-bond donors (Lipinski definition) is 0. The number of thiocarbonyl (C=S) groups is 1. The zero-order valence-corrected chi connectivity index (χ0v) is 20.5. The summed E-state index contributed by atoms with van der Waals surface area (Å²) in [7, 11) is 0. The molecule has 0 aromatic heterocycles. The van der Waals surface area contributed by atoms with Gasteiger partial charge < -0.3 is 9.47 Å². The van der Waals surface area contributed by atoms with Crippen molar-refractivity contribution in [2.75, 3.05) is 18.1 Å². The Morgan fingerprint density at radius 1 is 1.27 bits per heavy atom. The van der Waals surface area contributed by atoms with Gasteiger partial charge in [-0.1, -0.05) is 59.8 Å². The van der Waals surface area contributed by atoms with Gasteiger partial charge in [0.1, 0.15) is 6.61 Å². The molecule has 0 saturated carbocycles. The van der Waals surface area contributed by atoms with Crippen LogP contribution in [0.3, 0.4) is 0 Å². The Kier molecular flexibility index (Phi) is 7.87. The van der Waals surface area contributed by atoms with E-state index in [1.165, 1.54) is 16.7 Å². The maximum Gasteiger partial charge on any atom is 0.270 e. The summed E-state index contributed by atoms with van der Waals surface area (Å²) in [6.45, 7) is 6.36. The van der Waals surface area contributed by atoms with Crippen LogP contribution in [0.4, 0.5) is 5.69 Å². The number of rotatable bonds is 7. The van der Waals surface area contributed by atoms with E-state index in [1.54, 1.807) is 30.4 Å². The van der Waals surface area contributed by atoms with Gasteiger partial charge in [-0.2, -0.15) is 0 Å². The molecule has 0 spiro atoms. The highest BCUT2D eigenvalue weighted by Gasteiger charge is 2.34. The van der Waals surface area contributed by atoms with Crippen LogP contribution >= 0.6 is 63.1 Å². The van der Waals surface area contributed by atoms with E-state index < -0.39 is 0 Å². The van der Waals surface area contributed by atoms with Crippen molar-refractivity contribution in [1.82, 2.24) is 0 Å². The Morgan fingerprint density at radius 3 is 2.70 bits per heavy atom. The Morgan fingerprint density at radius 2 is 2.03 bits per heavy atom. The summed E-state index contributed by atoms with van der Waals surface area (Å²) in [6, 6.07) is 8.58. The number of amides is 1. The molecule has 1 aliphatic rings. The Hall–Kier alpha value is -1.51. The first-order valence-corrected chi connectivity index (χ1v) is 11.6. The number of benzene rings is 2. The minimum atomic E-state index is -0.254. The molecule has 1 amide bonds. The average molecular weight is 545 g/mol. The smallest absolute Gasteiger partial charge is 0.270 e. The maximum atomic E-state index is 13.0. The van der Waals surface area contributed by atoms with E-state index in [9.17, 15) is 4.79 Å². The molecule has 0 bridgehead atoms. The van der Waals surface area contributed by atoms with Crippen LogP contribution in [0.2, 0.25) is 10.0 Å². The standard InChI is InChI=1S/C21H16BrCl2NO3S2/c1-3-7-28-19-14(22)8-12(9-17(19)27-4-2)10-18-20(26)25(21(29)30-18)16-6-5-13(23)11-15(16)24/h3,5-6,8-11H,1,4,7H2,2H3/b18-10-. The summed E-state index contributed by atoms with van der Waals surface area (Å²) in [5.74, 6) is 0.890. The van der Waals surface area contributed by atoms with Crippen LogP contribution in [-0.4, -0.2) is 23.4 Å². The molecule has 0 atom stereocenters. The van der Waals surface area contributed by atoms with Crippen LogP contribution < -0.4 is 14.4 Å². The average Bonchev–Trinajstić information content (AvgIpc) is 2.95. The third kappa shape index (κ3) is 5.03. The molecule has 0 unspecified atom stereocenters. The monoisotopic (exact) mass is 543 g/mol. The number of nitrogens with zero attached hydrogens (tertiary/aromatic N) is 1. The molecule has 1 aliphatic heterocycles. The fraction of sp³-hybridized carbons (Fsp3) is 0.143. The number of hydrogen-bond acceptors (Lipinski definition) is 5. The van der Waals surface area contributed by atoms with Crippen molar-refractivity contribution >= 4 is 85.1 Å². The normalized spacial score (nSPS) is 15.1. The highest BCUT2D eigenvalue weighted by atomic mass is 79.9. The lowest BCUT2D eigenvalue weighted by Crippen LogP contribution is -2.27. The fourth-order valence-electron chi connectivity index (χ4n) is 2.71. The molecular weight excluding hydrogens is 529 g/mol. The molecule has 0 radical (unpaired) electrons. The lowest BCUT2D eigenvalue weighted by molar-refractivity contribution is -0.113. The highest BCUT2D eigenvalue weighted by molar-refractivity contribution is 9.10. The third-order valence-corrected chi connectivity index (χ3v) is 6.35. The van der Waals surface area contributed by atoms with Gasteiger partial charge in [0.2, 0.25) is 0 Å². The molecule has 30 heavy (non-hydrogen) atoms. The maximum absolute atomic E-state index is 13.0. The Labute approximate surface area is 202 Å². The molecule has 9 heteroatoms. The third-order valence-electron chi connectivity index (χ3n) is 3.92. The molecule has 4 nitrogen and oxygen atoms in total. The number of carbonyl (C=O) groups excluding carboxylic acids is 1. The van der Waals surface area contributed by atoms with Crippen LogP contribution in [0, 0.1) is 0 Å². The predicted octanol–water partition coefficient (Wildman–Crippen LogP) is 7.13. The van der Waals surface area contributed by atoms with Gasteiger partial charge in [0.05, 0.1) is 26.7 Å². The molecule has 3 rings (SSSR count). The van der Waals surface area contributed by atoms with Crippen molar-refractivity contribution in [2.45, 2.75) is 6.92 Å². The topological polar surface area (TPSA) is 38.8 Å². The van der Waals surface area contributed by atoms with Crippen LogP contribution in [-0.2, 0) is 4.79 Å². The van der Waals surface area contributed by atoms with Gasteiger partial charge in [0, 0.05) is 5.02 Å². The lowest BCUT2D eigenvalue weighted by Gasteiger charge is -2.16. The second kappa shape index (κ2) is 10.2. The largest absolute Gasteiger partial charge is 0.490 e. The van der Waals surface area contributed by atoms with Crippen molar-refractivity contribution in [2.24, 2.45) is 0 Å². The summed E-state index contributed by atoms with van der Waals surface area (Å²) < 4.78 is 12.5. The van der Waals surface area contributed by atoms with Crippen molar-refractivity contribution in [1.29, 1.82) is 0 Å². The second-order valence-corrected chi connectivity index (χ2v) is 9.35. The molecule has 1 saturated heterocycles. The zero-order valence-electron chi connectivity index (χ0n) is 15.8. The first kappa shape index (κ1) is 23.2. The fourth-order valence-corrected chi connectivity index (χ4v) is 5.06. The van der Waals surface area contributed by atoms with E-state index >= 15 is 0 Å². The van der Waals surface area contributed by atoms with Gasteiger partial charge in [-0.3, -0.25) is 9.69 Å². The number of halogens is 3. The molecule has 0 N–H and O–H groups in total. The first-order chi connectivity index (χ1) is 14.3. The number of carbonyl (C=O) groups is 1. The summed E-state index contributed by atoms with van der Waals surface area (Å²) in [4.78, 5) is 14.9. The quantitative estimate of drug-likeness (QED) is 0.211. The van der Waals surface area contributed by atoms with Gasteiger partial charge >= 0.3 is 0 Å². The molecule has 1 heterocycles. The molecule has 2 aromatic rings. The van der Waals surface area contributed by atoms with Crippen LogP contribution in [0.5, 0.6) is 11.5 Å². The summed E-state index contributed by atoms with van der Waals surface area (Å²) in [5.41, 5.74) is 1.26. The summed E-state index contributed by atoms with van der Waals surface area (Å²) >= 11 is 22.4. The molecular formula is C21H16BrCl2NO3S2. The van der Waals surface area contributed by atoms with Gasteiger partial charge in [0.15, 0.2) is 15.8 Å². The van der Waals surface area contributed by atoms with Gasteiger partial charge in [0.25, 0.3) is 5.91 Å². The highest BCUT2D eigenvalue weighted by Crippen LogP contribution is 2.41. The molecule has 0 aliphatic carbocycles. The number of thioether (sulfide) groups is 1. The van der Waals surface area contributed by atoms with Crippen LogP contribution in [0.1, 0.15) is 12.5 Å². The van der Waals surface area contributed by atoms with Gasteiger partial charge in [-0.05, 0) is 64.8 Å². The van der Waals surface area contributed by atoms with Crippen LogP contribution in [0.15, 0.2) is 52.4 Å². The van der Waals surface area contributed by atoms with Crippen LogP contribution in [0.25, 0.3) is 6.08 Å². The van der Waals surface area contributed by atoms with Crippen molar-refractivity contribution in [3.63, 3.8) is 0 Å². The number of ether oxygens (including phenoxy) is 2. The van der Waals surface area contributed by atoms with Gasteiger partial charge in [-0.15, -0.1) is 0 Å². The first-order valence-electron chi connectivity index (χ1n) is 8.78. The predicted molar refractivity (Wildman–Crippen MR) is 133 cm³/mol. The van der Waals surface area contributed by atoms with Gasteiger partial charge in [-0.25, -0.2) is 0 Å². The van der Waals surface area contributed by atoms with Crippen molar-refractivity contribution in [3.05, 3.63) is 68.0 Å². The molecule has 156 valence electrons. The minimum absolute atomic E-state index is 0.254. The van der Waals surface area contributed by atoms with Crippen molar-refractivity contribution < 1.29 is 14.3 Å². The second-order valence-electron chi connectivity index (χ2n) is 5.98. The van der Waals surface area contributed by atoms with E-state index in [-0.39, 0.29) is 5.91 Å². The lowest BCUT2D eigenvalue weighted by atomic mass is 10.1.